The first-order valence-electron chi connectivity index (χ1n) is 6.56. The zero-order valence-corrected chi connectivity index (χ0v) is 12.9. The normalized spacial score (nSPS) is 13.8. The number of aromatic nitrogens is 2. The van der Waals surface area contributed by atoms with Crippen molar-refractivity contribution in [2.24, 2.45) is 0 Å². The van der Waals surface area contributed by atoms with Crippen LogP contribution < -0.4 is 9.64 Å². The van der Waals surface area contributed by atoms with Gasteiger partial charge in [-0.2, -0.15) is 5.10 Å². The molecule has 0 saturated carbocycles. The number of rotatable bonds is 2. The van der Waals surface area contributed by atoms with Crippen LogP contribution in [0.2, 0.25) is 10.0 Å². The van der Waals surface area contributed by atoms with E-state index in [0.29, 0.717) is 46.7 Å². The van der Waals surface area contributed by atoms with Gasteiger partial charge >= 0.3 is 0 Å². The van der Waals surface area contributed by atoms with Crippen molar-refractivity contribution in [3.63, 3.8) is 0 Å². The van der Waals surface area contributed by atoms with Crippen molar-refractivity contribution in [3.05, 3.63) is 40.1 Å². The molecule has 21 heavy (non-hydrogen) atoms. The molecule has 0 fully saturated rings. The molecule has 5 nitrogen and oxygen atoms in total. The minimum absolute atomic E-state index is 0.127. The maximum absolute atomic E-state index is 12.6. The van der Waals surface area contributed by atoms with Crippen LogP contribution in [0.1, 0.15) is 17.3 Å². The van der Waals surface area contributed by atoms with Gasteiger partial charge in [0.2, 0.25) is 0 Å². The smallest absolute Gasteiger partial charge is 0.261 e. The highest BCUT2D eigenvalue weighted by Gasteiger charge is 2.26. The molecular weight excluding hydrogens is 313 g/mol. The Kier molecular flexibility index (Phi) is 3.78. The quantitative estimate of drug-likeness (QED) is 0.851. The Hall–Kier alpha value is -1.72. The number of aryl methyl sites for hydroxylation is 1. The van der Waals surface area contributed by atoms with E-state index in [2.05, 4.69) is 5.10 Å². The second kappa shape index (κ2) is 5.58. The second-order valence-electron chi connectivity index (χ2n) is 4.62. The van der Waals surface area contributed by atoms with E-state index in [9.17, 15) is 4.79 Å². The Morgan fingerprint density at radius 2 is 2.14 bits per heavy atom. The fourth-order valence-electron chi connectivity index (χ4n) is 2.23. The van der Waals surface area contributed by atoms with Crippen LogP contribution >= 0.6 is 23.2 Å². The summed E-state index contributed by atoms with van der Waals surface area (Å²) in [5, 5.41) is 4.93. The van der Waals surface area contributed by atoms with Gasteiger partial charge in [-0.1, -0.05) is 23.2 Å². The molecule has 0 radical (unpaired) electrons. The van der Waals surface area contributed by atoms with Crippen LogP contribution in [0.4, 0.5) is 5.69 Å². The number of hydrogen-bond acceptors (Lipinski definition) is 3. The monoisotopic (exact) mass is 325 g/mol. The summed E-state index contributed by atoms with van der Waals surface area (Å²) in [6.45, 7) is 3.56. The standard InChI is InChI=1S/C14H13Cl2N3O2/c1-2-18-8-9(7-17-18)14(20)19-3-4-21-13-6-11(16)10(15)5-12(13)19/h5-8H,2-4H2,1H3. The highest BCUT2D eigenvalue weighted by atomic mass is 35.5. The third-order valence-electron chi connectivity index (χ3n) is 3.31. The molecule has 7 heteroatoms. The van der Waals surface area contributed by atoms with Gasteiger partial charge in [-0.15, -0.1) is 0 Å². The molecule has 2 aromatic rings. The number of carbonyl (C=O) groups is 1. The molecule has 0 unspecified atom stereocenters. The number of amides is 1. The number of nitrogens with zero attached hydrogens (tertiary/aromatic N) is 3. The van der Waals surface area contributed by atoms with E-state index < -0.39 is 0 Å². The van der Waals surface area contributed by atoms with Gasteiger partial charge in [-0.05, 0) is 13.0 Å². The molecular formula is C14H13Cl2N3O2. The van der Waals surface area contributed by atoms with Crippen LogP contribution in [0.3, 0.4) is 0 Å². The van der Waals surface area contributed by atoms with Crippen LogP contribution in [0.5, 0.6) is 5.75 Å². The number of halogens is 2. The van der Waals surface area contributed by atoms with Crippen molar-refractivity contribution < 1.29 is 9.53 Å². The Balaban J connectivity index is 1.97. The molecule has 1 amide bonds. The lowest BCUT2D eigenvalue weighted by Crippen LogP contribution is -2.37. The van der Waals surface area contributed by atoms with Gasteiger partial charge in [0, 0.05) is 18.8 Å². The van der Waals surface area contributed by atoms with Crippen LogP contribution in [0.15, 0.2) is 24.5 Å². The zero-order valence-electron chi connectivity index (χ0n) is 11.3. The molecule has 1 aromatic heterocycles. The highest BCUT2D eigenvalue weighted by molar-refractivity contribution is 6.42. The van der Waals surface area contributed by atoms with Crippen LogP contribution in [0, 0.1) is 0 Å². The minimum Gasteiger partial charge on any atom is -0.489 e. The van der Waals surface area contributed by atoms with E-state index in [1.54, 1.807) is 34.1 Å². The van der Waals surface area contributed by atoms with Crippen molar-refractivity contribution in [1.82, 2.24) is 9.78 Å². The number of anilines is 1. The van der Waals surface area contributed by atoms with Crippen LogP contribution in [-0.4, -0.2) is 28.8 Å². The molecule has 0 N–H and O–H groups in total. The molecule has 0 saturated heterocycles. The minimum atomic E-state index is -0.127. The van der Waals surface area contributed by atoms with Crippen molar-refractivity contribution in [3.8, 4) is 5.75 Å². The van der Waals surface area contributed by atoms with E-state index in [-0.39, 0.29) is 5.91 Å². The van der Waals surface area contributed by atoms with E-state index in [4.69, 9.17) is 27.9 Å². The van der Waals surface area contributed by atoms with Crippen LogP contribution in [0.25, 0.3) is 0 Å². The maximum atomic E-state index is 12.6. The second-order valence-corrected chi connectivity index (χ2v) is 5.44. The van der Waals surface area contributed by atoms with E-state index in [1.807, 2.05) is 6.92 Å². The molecule has 1 aliphatic heterocycles. The number of ether oxygens (including phenoxy) is 1. The van der Waals surface area contributed by atoms with Gasteiger partial charge in [0.1, 0.15) is 12.4 Å². The third kappa shape index (κ3) is 2.59. The van der Waals surface area contributed by atoms with Gasteiger partial charge < -0.3 is 9.64 Å². The van der Waals surface area contributed by atoms with Gasteiger partial charge in [0.15, 0.2) is 0 Å². The zero-order chi connectivity index (χ0) is 15.0. The fourth-order valence-corrected chi connectivity index (χ4v) is 2.54. The molecule has 110 valence electrons. The first-order valence-corrected chi connectivity index (χ1v) is 7.32. The van der Waals surface area contributed by atoms with Gasteiger partial charge in [-0.3, -0.25) is 9.48 Å². The molecule has 0 bridgehead atoms. The molecule has 0 spiro atoms. The summed E-state index contributed by atoms with van der Waals surface area (Å²) in [6, 6.07) is 3.29. The number of fused-ring (bicyclic) bond motifs is 1. The number of carbonyl (C=O) groups excluding carboxylic acids is 1. The number of hydrogen-bond donors (Lipinski definition) is 0. The van der Waals surface area contributed by atoms with Crippen LogP contribution in [-0.2, 0) is 6.54 Å². The molecule has 0 atom stereocenters. The molecule has 0 aliphatic carbocycles. The molecule has 3 rings (SSSR count). The number of benzene rings is 1. The average molecular weight is 326 g/mol. The Morgan fingerprint density at radius 3 is 2.86 bits per heavy atom. The Labute approximate surface area is 132 Å². The lowest BCUT2D eigenvalue weighted by atomic mass is 10.2. The summed E-state index contributed by atoms with van der Waals surface area (Å²) in [5.41, 5.74) is 1.17. The summed E-state index contributed by atoms with van der Waals surface area (Å²) in [4.78, 5) is 14.3. The summed E-state index contributed by atoms with van der Waals surface area (Å²) in [5.74, 6) is 0.435. The Morgan fingerprint density at radius 1 is 1.38 bits per heavy atom. The summed E-state index contributed by atoms with van der Waals surface area (Å²) in [6.07, 6.45) is 3.30. The lowest BCUT2D eigenvalue weighted by molar-refractivity contribution is 0.0976. The summed E-state index contributed by atoms with van der Waals surface area (Å²) in [7, 11) is 0. The molecule has 1 aromatic carbocycles. The fraction of sp³-hybridized carbons (Fsp3) is 0.286. The van der Waals surface area contributed by atoms with E-state index in [0.717, 1.165) is 0 Å². The van der Waals surface area contributed by atoms with Gasteiger partial charge in [-0.25, -0.2) is 0 Å². The predicted octanol–water partition coefficient (Wildman–Crippen LogP) is 3.25. The Bertz CT molecular complexity index is 700. The highest BCUT2D eigenvalue weighted by Crippen LogP contribution is 2.38. The molecule has 2 heterocycles. The first kappa shape index (κ1) is 14.2. The largest absolute Gasteiger partial charge is 0.489 e. The first-order chi connectivity index (χ1) is 10.1. The maximum Gasteiger partial charge on any atom is 0.261 e. The average Bonchev–Trinajstić information content (AvgIpc) is 2.96. The summed E-state index contributed by atoms with van der Waals surface area (Å²) >= 11 is 12.0. The van der Waals surface area contributed by atoms with Gasteiger partial charge in [0.05, 0.1) is 34.0 Å². The SMILES string of the molecule is CCn1cc(C(=O)N2CCOc3cc(Cl)c(Cl)cc32)cn1. The van der Waals surface area contributed by atoms with Crippen molar-refractivity contribution >= 4 is 34.8 Å². The van der Waals surface area contributed by atoms with Crippen molar-refractivity contribution in [2.45, 2.75) is 13.5 Å². The summed E-state index contributed by atoms with van der Waals surface area (Å²) < 4.78 is 7.26. The predicted molar refractivity (Wildman–Crippen MR) is 81.5 cm³/mol. The van der Waals surface area contributed by atoms with Crippen molar-refractivity contribution in [2.75, 3.05) is 18.1 Å². The lowest BCUT2D eigenvalue weighted by Gasteiger charge is -2.29. The molecule has 1 aliphatic rings. The topological polar surface area (TPSA) is 47.4 Å². The van der Waals surface area contributed by atoms with E-state index in [1.165, 1.54) is 0 Å². The van der Waals surface area contributed by atoms with E-state index >= 15 is 0 Å². The van der Waals surface area contributed by atoms with Crippen molar-refractivity contribution in [1.29, 1.82) is 0 Å². The third-order valence-corrected chi connectivity index (χ3v) is 4.04. The van der Waals surface area contributed by atoms with Gasteiger partial charge in [0.25, 0.3) is 5.91 Å².